The Kier molecular flexibility index (Phi) is 126. The lowest BCUT2D eigenvalue weighted by molar-refractivity contribution is -0.255. The highest BCUT2D eigenvalue weighted by Gasteiger charge is 2.37. The zero-order valence-electron chi connectivity index (χ0n) is 94.6. The van der Waals surface area contributed by atoms with E-state index in [0.29, 0.717) is 131 Å². The maximum absolute atomic E-state index is 6.69. The highest BCUT2D eigenvalue weighted by atomic mass is 16.7. The minimum atomic E-state index is -0.608. The molecule has 0 spiro atoms. The quantitative estimate of drug-likeness (QED) is 0.0337. The monoisotopic (exact) mass is 2090 g/mol. The second-order valence-electron chi connectivity index (χ2n) is 32.4. The summed E-state index contributed by atoms with van der Waals surface area (Å²) in [6.07, 6.45) is 10.2. The van der Waals surface area contributed by atoms with E-state index in [-0.39, 0.29) is 110 Å². The van der Waals surface area contributed by atoms with E-state index in [1.807, 2.05) is 213 Å². The van der Waals surface area contributed by atoms with Crippen LogP contribution in [0.3, 0.4) is 0 Å². The molecule has 9 unspecified atom stereocenters. The lowest BCUT2D eigenvalue weighted by Gasteiger charge is -2.34. The second kappa shape index (κ2) is 120. The molecule has 0 bridgehead atoms. The van der Waals surface area contributed by atoms with Crippen LogP contribution in [-0.4, -0.2) is 272 Å². The fourth-order valence-electron chi connectivity index (χ4n) is 10.9. The molecule has 0 saturated heterocycles. The fraction of sp³-hybridized carbons (Fsp3) is 0.771. The molecule has 39 nitrogen and oxygen atoms in total. The van der Waals surface area contributed by atoms with Crippen LogP contribution in [0.1, 0.15) is 288 Å². The maximum atomic E-state index is 6.69. The summed E-state index contributed by atoms with van der Waals surface area (Å²) in [4.78, 5) is 40.7. The molecule has 9 atom stereocenters. The molecule has 2 aliphatic rings. The number of hydrogen-bond acceptors (Lipinski definition) is 26. The highest BCUT2D eigenvalue weighted by Crippen LogP contribution is 2.35. The number of hydrogen-bond donors (Lipinski definition) is 0. The molecule has 0 radical (unpaired) electrons. The van der Waals surface area contributed by atoms with Crippen molar-refractivity contribution in [1.29, 1.82) is 0 Å². The maximum Gasteiger partial charge on any atom is 0.327 e. The van der Waals surface area contributed by atoms with E-state index in [0.717, 1.165) is 95.0 Å². The molecule has 0 aliphatic heterocycles. The van der Waals surface area contributed by atoms with Crippen molar-refractivity contribution in [2.45, 2.75) is 356 Å². The Morgan fingerprint density at radius 1 is 0.291 bits per heavy atom. The smallest absolute Gasteiger partial charge is 0.327 e. The van der Waals surface area contributed by atoms with Crippen LogP contribution in [0.2, 0.25) is 0 Å². The number of benzene rings is 2. The highest BCUT2D eigenvalue weighted by molar-refractivity contribution is 5.17. The van der Waals surface area contributed by atoms with Crippen molar-refractivity contribution in [3.05, 3.63) is 220 Å². The third-order valence-corrected chi connectivity index (χ3v) is 16.8. The van der Waals surface area contributed by atoms with Crippen LogP contribution in [-0.2, 0) is 123 Å². The lowest BCUT2D eigenvalue weighted by atomic mass is 9.94. The van der Waals surface area contributed by atoms with E-state index in [2.05, 4.69) is 74.6 Å². The first-order valence-electron chi connectivity index (χ1n) is 50.5. The van der Waals surface area contributed by atoms with Crippen LogP contribution in [0.15, 0.2) is 60.7 Å². The van der Waals surface area contributed by atoms with Crippen molar-refractivity contribution < 1.29 is 123 Å². The lowest BCUT2D eigenvalue weighted by Crippen LogP contribution is -2.38. The summed E-state index contributed by atoms with van der Waals surface area (Å²) in [7, 11) is 0. The molecular weight excluding hydrogens is 1910 g/mol. The average Bonchev–Trinajstić information content (AvgIpc) is 1.79. The minimum absolute atomic E-state index is 0.0273. The van der Waals surface area contributed by atoms with Crippen LogP contribution in [0.4, 0.5) is 0 Å². The van der Waals surface area contributed by atoms with Gasteiger partial charge in [0.2, 0.25) is 32.7 Å². The van der Waals surface area contributed by atoms with E-state index in [1.165, 1.54) is 6.42 Å². The van der Waals surface area contributed by atoms with E-state index in [1.54, 1.807) is 27.7 Å². The van der Waals surface area contributed by atoms with Crippen molar-refractivity contribution >= 4 is 0 Å². The first-order chi connectivity index (χ1) is 70.9. The molecule has 4 rings (SSSR count). The van der Waals surface area contributed by atoms with Gasteiger partial charge in [0.25, 0.3) is 0 Å². The first kappa shape index (κ1) is 156. The number of rotatable bonds is 62. The molecule has 0 heterocycles. The fourth-order valence-corrected chi connectivity index (χ4v) is 10.9. The van der Waals surface area contributed by atoms with Gasteiger partial charge >= 0.3 is 52.8 Å². The van der Waals surface area contributed by atoms with Crippen LogP contribution < -0.4 is 0 Å². The Morgan fingerprint density at radius 2 is 0.669 bits per heavy atom. The summed E-state index contributed by atoms with van der Waals surface area (Å²) >= 11 is 0. The molecule has 0 amide bonds. The molecule has 0 aromatic heterocycles. The van der Waals surface area contributed by atoms with Crippen LogP contribution in [0, 0.1) is 91.4 Å². The Hall–Kier alpha value is -9.23. The zero-order chi connectivity index (χ0) is 114. The number of nitrogens with zero attached hydrogens (tertiary/aromatic N) is 13. The van der Waals surface area contributed by atoms with Gasteiger partial charge in [-0.1, -0.05) is 102 Å². The average molecular weight is 2090 g/mol. The van der Waals surface area contributed by atoms with Crippen molar-refractivity contribution in [2.75, 3.05) is 193 Å². The third kappa shape index (κ3) is 120. The van der Waals surface area contributed by atoms with Crippen molar-refractivity contribution in [3.63, 3.8) is 0 Å². The largest absolute Gasteiger partial charge is 0.355 e. The van der Waals surface area contributed by atoms with Crippen LogP contribution >= 0.6 is 0 Å². The molecule has 2 saturated carbocycles. The molecule has 2 aromatic rings. The van der Waals surface area contributed by atoms with Gasteiger partial charge in [-0.2, -0.15) is 0 Å². The Balaban J connectivity index is -0.000000203. The van der Waals surface area contributed by atoms with Crippen LogP contribution in [0.25, 0.3) is 63.0 Å². The summed E-state index contributed by atoms with van der Waals surface area (Å²) < 4.78 is 135. The van der Waals surface area contributed by atoms with Gasteiger partial charge in [-0.25, -0.2) is 85.4 Å². The zero-order valence-corrected chi connectivity index (χ0v) is 94.6. The molecule has 842 valence electrons. The molecule has 39 heteroatoms. The second-order valence-corrected chi connectivity index (χ2v) is 32.4. The summed E-state index contributed by atoms with van der Waals surface area (Å²) in [6, 6.07) is 19.4. The molecule has 2 aromatic carbocycles. The minimum Gasteiger partial charge on any atom is -0.355 e. The van der Waals surface area contributed by atoms with Gasteiger partial charge in [0.1, 0.15) is 39.8 Å². The van der Waals surface area contributed by atoms with Gasteiger partial charge in [-0.3, -0.25) is 76.7 Å². The third-order valence-electron chi connectivity index (χ3n) is 16.8. The van der Waals surface area contributed by atoms with Crippen molar-refractivity contribution in [3.8, 4) is 0 Å². The van der Waals surface area contributed by atoms with Gasteiger partial charge in [0.15, 0.2) is 75.0 Å². The first-order valence-corrected chi connectivity index (χ1v) is 50.5. The van der Waals surface area contributed by atoms with Crippen LogP contribution in [0.5, 0.6) is 0 Å². The van der Waals surface area contributed by atoms with Gasteiger partial charge in [-0.15, -0.1) is 0 Å². The molecule has 148 heavy (non-hydrogen) atoms. The number of ether oxygens (including phenoxy) is 26. The normalized spacial score (nSPS) is 13.7. The van der Waals surface area contributed by atoms with Gasteiger partial charge in [-0.05, 0) is 183 Å². The van der Waals surface area contributed by atoms with E-state index >= 15 is 0 Å². The van der Waals surface area contributed by atoms with E-state index in [4.69, 9.17) is 204 Å². The Bertz CT molecular complexity index is 3780. The molecular formula is C109H185N13O26. The standard InChI is InChI=1S/C13H17NO2.C11H13NO2.C10H17NO2.C10H19NO2.C9H15NO2.3C8H15NO2.3C7H13NO2.C6H11NO2.C5H9NO2/c1-3-10-15-13(16-11-9-14-2)12-7-5-4-6-8-12;1-3-13-11(14-9-12-2)10-7-5-4-6-8-10;1-3-12-10(13-9-11-2)7-5-4-6-8-10;1-9(2,3)13-10(4,5)12-8-7-11-6;1-3-11-9(12-8-10-2)6-4-5-7-9;1-6(2)10-8(4)11-7(3)9-5;1-5-10-8(7(2)3)11-6-9-4;1-4-6-10-8(2)11-7-5-9-3;1-6(2)9-5-10-7(3)8-4;1-4-9-7(2)10-6-5-8-3;1-3-5-9-7-10-6-4-8-2;1-4-8-6(2)9-5-7-3;1-3-7-5-8-4-6-2/h4-8,13H,3,9-11H2,1H3;4-8,11H,3,9H2,1H3;3-9H2,1H3;7-8H2,1-5H3;3-8H2,1H3;6-8H,1-4H3;7-8H,5-6H2,1-3H3;8H,4-7H2,1-2H3;6-7H,5H2,1-3H3;7H,4-6H2,1-2H3;3-7H2,1H3;6H,4-5H2,1-2H3;3-5H2,1H3. The Labute approximate surface area is 893 Å². The van der Waals surface area contributed by atoms with Gasteiger partial charge < -0.3 is 109 Å². The summed E-state index contributed by atoms with van der Waals surface area (Å²) in [5.74, 6) is -1.16. The molecule has 2 fully saturated rings. The van der Waals surface area contributed by atoms with Crippen molar-refractivity contribution in [2.24, 2.45) is 5.92 Å². The topological polar surface area (TPSA) is 297 Å². The summed E-state index contributed by atoms with van der Waals surface area (Å²) in [6.45, 7) is 149. The predicted octanol–water partition coefficient (Wildman–Crippen LogP) is 24.9. The van der Waals surface area contributed by atoms with Crippen molar-refractivity contribution in [1.82, 2.24) is 0 Å². The van der Waals surface area contributed by atoms with Gasteiger partial charge in [0.05, 0.1) is 17.8 Å². The Morgan fingerprint density at radius 3 is 1.07 bits per heavy atom. The summed E-state index contributed by atoms with van der Waals surface area (Å²) in [5, 5.41) is 0. The predicted molar refractivity (Wildman–Crippen MR) is 571 cm³/mol. The SMILES string of the molecule is [C-]#[N+]C(C)OC(C)OC(C)C.[C-]#[N+]C(C)OCOC(C)C.[C-]#[N+]CCOC(C)(C)OC(C)(C)C.[C-]#[N+]CCOC(C)OCC.[C-]#[N+]CCOC(C)OCCC.[C-]#[N+]CCOC(OCCC)c1ccccc1.[C-]#[N+]CCOCOCCC.[C-]#[N+]COC(C)OCC.[C-]#[N+]COC(OCC)C(C)C.[C-]#[N+]COC(OCC)c1ccccc1.[C-]#[N+]COC1(OCC)CCCC1.[C-]#[N+]COC1(OCC)CCCCC1.[C-]#[N+]COCOCC. The molecule has 2 aliphatic carbocycles. The molecule has 0 N–H and O–H groups in total. The van der Waals surface area contributed by atoms with Gasteiger partial charge in [0, 0.05) is 123 Å². The summed E-state index contributed by atoms with van der Waals surface area (Å²) in [5.41, 5.74) is 1.72. The van der Waals surface area contributed by atoms with E-state index in [9.17, 15) is 0 Å². The van der Waals surface area contributed by atoms with E-state index < -0.39 is 36.1 Å².